The molecule has 318 valence electrons. The lowest BCUT2D eigenvalue weighted by Gasteiger charge is -2.29. The maximum Gasteiger partial charge on any atom is 0.258 e. The molecule has 3 aliphatic rings. The van der Waals surface area contributed by atoms with Gasteiger partial charge in [-0.05, 0) is 71.5 Å². The summed E-state index contributed by atoms with van der Waals surface area (Å²) in [7, 11) is 0. The van der Waals surface area contributed by atoms with Crippen LogP contribution in [0.5, 0.6) is 0 Å². The quantitative estimate of drug-likeness (QED) is 0.0300. The molecule has 0 bridgehead atoms. The fourth-order valence-corrected chi connectivity index (χ4v) is 7.31. The SMILES string of the molecule is O=CC#Cc1ccc2c(c1)NC(=O)/C2=C(\Nc1ccc(CNCCOCCOCCOCCC(=O)Nc2ccc3c(c2)CN(C2CCC(=O)NC2=O)C3=O)cc1)c1ccccc1. The highest BCUT2D eigenvalue weighted by molar-refractivity contribution is 6.37. The minimum atomic E-state index is -0.694. The number of anilines is 3. The summed E-state index contributed by atoms with van der Waals surface area (Å²) in [5, 5.41) is 14.9. The standard InChI is InChI=1S/C47H46N6O9/c54-20-4-5-31-10-14-38-39(27-31)51-46(58)43(38)44(33-6-2-1-3-7-33)50-35-11-8-32(9-12-35)29-48-19-22-61-24-26-62-25-23-60-21-18-42(56)49-36-13-15-37-34(28-36)30-53(47(37)59)40-16-17-41(55)52-45(40)57/h1-3,6-15,20,27-28,40,48,50H,16-19,21-26,29-30H2,(H,49,56)(H,51,58)(H,52,55,57)/b44-43-. The van der Waals surface area contributed by atoms with Gasteiger partial charge in [0.2, 0.25) is 17.7 Å². The van der Waals surface area contributed by atoms with E-state index in [0.29, 0.717) is 91.7 Å². The van der Waals surface area contributed by atoms with Gasteiger partial charge in [-0.25, -0.2) is 0 Å². The number of imide groups is 1. The van der Waals surface area contributed by atoms with Crippen molar-refractivity contribution in [3.8, 4) is 11.8 Å². The van der Waals surface area contributed by atoms with E-state index < -0.39 is 11.9 Å². The summed E-state index contributed by atoms with van der Waals surface area (Å²) in [6.45, 7) is 3.78. The Hall–Kier alpha value is -6.96. The average molecular weight is 839 g/mol. The predicted molar refractivity (Wildman–Crippen MR) is 231 cm³/mol. The van der Waals surface area contributed by atoms with E-state index in [0.717, 1.165) is 22.4 Å². The van der Waals surface area contributed by atoms with Crippen LogP contribution >= 0.6 is 0 Å². The van der Waals surface area contributed by atoms with Crippen LogP contribution in [0.15, 0.2) is 91.0 Å². The molecule has 1 unspecified atom stereocenters. The van der Waals surface area contributed by atoms with E-state index in [4.69, 9.17) is 14.2 Å². The van der Waals surface area contributed by atoms with Crippen LogP contribution in [-0.2, 0) is 51.3 Å². The van der Waals surface area contributed by atoms with Crippen molar-refractivity contribution < 1.29 is 43.0 Å². The molecule has 5 amide bonds. The third kappa shape index (κ3) is 11.0. The van der Waals surface area contributed by atoms with Gasteiger partial charge in [0.05, 0.1) is 63.0 Å². The van der Waals surface area contributed by atoms with Gasteiger partial charge in [-0.3, -0.25) is 34.1 Å². The van der Waals surface area contributed by atoms with Gasteiger partial charge in [0, 0.05) is 54.1 Å². The van der Waals surface area contributed by atoms with Gasteiger partial charge in [-0.1, -0.05) is 54.5 Å². The molecule has 0 spiro atoms. The zero-order valence-corrected chi connectivity index (χ0v) is 33.9. The van der Waals surface area contributed by atoms with E-state index in [9.17, 15) is 28.8 Å². The summed E-state index contributed by atoms with van der Waals surface area (Å²) in [6.07, 6.45) is 1.15. The van der Waals surface area contributed by atoms with E-state index in [1.54, 1.807) is 30.3 Å². The van der Waals surface area contributed by atoms with Gasteiger partial charge < -0.3 is 40.4 Å². The van der Waals surface area contributed by atoms with Gasteiger partial charge in [-0.15, -0.1) is 0 Å². The monoisotopic (exact) mass is 838 g/mol. The number of carbonyl (C=O) groups excluding carboxylic acids is 6. The van der Waals surface area contributed by atoms with Crippen molar-refractivity contribution in [3.63, 3.8) is 0 Å². The van der Waals surface area contributed by atoms with Crippen LogP contribution in [-0.4, -0.2) is 92.9 Å². The molecule has 0 radical (unpaired) electrons. The Morgan fingerprint density at radius 1 is 0.790 bits per heavy atom. The summed E-state index contributed by atoms with van der Waals surface area (Å²) >= 11 is 0. The topological polar surface area (TPSA) is 194 Å². The lowest BCUT2D eigenvalue weighted by molar-refractivity contribution is -0.137. The Morgan fingerprint density at radius 2 is 1.52 bits per heavy atom. The highest BCUT2D eigenvalue weighted by atomic mass is 16.5. The van der Waals surface area contributed by atoms with Gasteiger partial charge in [-0.2, -0.15) is 0 Å². The van der Waals surface area contributed by atoms with Crippen molar-refractivity contribution in [1.82, 2.24) is 15.5 Å². The van der Waals surface area contributed by atoms with Crippen LogP contribution in [0.25, 0.3) is 11.3 Å². The third-order valence-corrected chi connectivity index (χ3v) is 10.4. The summed E-state index contributed by atoms with van der Waals surface area (Å²) < 4.78 is 16.8. The molecule has 15 heteroatoms. The van der Waals surface area contributed by atoms with Crippen LogP contribution in [0.2, 0.25) is 0 Å². The van der Waals surface area contributed by atoms with E-state index in [1.807, 2.05) is 60.7 Å². The van der Waals surface area contributed by atoms with Crippen LogP contribution in [0, 0.1) is 11.8 Å². The van der Waals surface area contributed by atoms with Crippen LogP contribution in [0.1, 0.15) is 57.4 Å². The average Bonchev–Trinajstić information content (AvgIpc) is 3.78. The normalized spacial score (nSPS) is 16.1. The number of amides is 5. The lowest BCUT2D eigenvalue weighted by atomic mass is 9.99. The zero-order valence-electron chi connectivity index (χ0n) is 33.9. The molecule has 5 N–H and O–H groups in total. The molecule has 7 rings (SSSR count). The second kappa shape index (κ2) is 21.0. The molecule has 15 nitrogen and oxygen atoms in total. The lowest BCUT2D eigenvalue weighted by Crippen LogP contribution is -2.52. The Kier molecular flexibility index (Phi) is 14.6. The molecular formula is C47H46N6O9. The Balaban J connectivity index is 0.747. The summed E-state index contributed by atoms with van der Waals surface area (Å²) in [4.78, 5) is 74.6. The summed E-state index contributed by atoms with van der Waals surface area (Å²) in [5.74, 6) is 3.64. The maximum absolute atomic E-state index is 13.3. The fourth-order valence-electron chi connectivity index (χ4n) is 7.31. The molecule has 4 aromatic rings. The number of rotatable bonds is 19. The first-order valence-electron chi connectivity index (χ1n) is 20.4. The van der Waals surface area contributed by atoms with Crippen molar-refractivity contribution in [2.75, 3.05) is 62.1 Å². The second-order valence-corrected chi connectivity index (χ2v) is 14.6. The van der Waals surface area contributed by atoms with Crippen molar-refractivity contribution in [2.45, 2.75) is 38.4 Å². The Bertz CT molecular complexity index is 2420. The van der Waals surface area contributed by atoms with Crippen molar-refractivity contribution >= 4 is 64.2 Å². The van der Waals surface area contributed by atoms with E-state index >= 15 is 0 Å². The minimum Gasteiger partial charge on any atom is -0.379 e. The number of fused-ring (bicyclic) bond motifs is 2. The van der Waals surface area contributed by atoms with Crippen molar-refractivity contribution in [1.29, 1.82) is 0 Å². The molecule has 0 aliphatic carbocycles. The van der Waals surface area contributed by atoms with Gasteiger partial charge in [0.15, 0.2) is 6.29 Å². The minimum absolute atomic E-state index is 0.141. The molecule has 0 saturated carbocycles. The Labute approximate surface area is 358 Å². The van der Waals surface area contributed by atoms with Gasteiger partial charge in [0.1, 0.15) is 6.04 Å². The number of benzene rings is 4. The number of aldehydes is 1. The van der Waals surface area contributed by atoms with E-state index in [2.05, 4.69) is 38.4 Å². The number of piperidine rings is 1. The van der Waals surface area contributed by atoms with Crippen LogP contribution in [0.4, 0.5) is 17.1 Å². The molecule has 62 heavy (non-hydrogen) atoms. The highest BCUT2D eigenvalue weighted by Crippen LogP contribution is 2.38. The first-order chi connectivity index (χ1) is 30.3. The van der Waals surface area contributed by atoms with Gasteiger partial charge >= 0.3 is 0 Å². The van der Waals surface area contributed by atoms with Crippen LogP contribution < -0.4 is 26.6 Å². The fraction of sp³-hybridized carbons (Fsp3) is 0.277. The van der Waals surface area contributed by atoms with Crippen molar-refractivity contribution in [2.24, 2.45) is 0 Å². The first kappa shape index (κ1) is 43.1. The second-order valence-electron chi connectivity index (χ2n) is 14.6. The van der Waals surface area contributed by atoms with E-state index in [1.165, 1.54) is 4.90 Å². The number of hydrogen-bond donors (Lipinski definition) is 5. The largest absolute Gasteiger partial charge is 0.379 e. The summed E-state index contributed by atoms with van der Waals surface area (Å²) in [6, 6.07) is 27.4. The molecule has 3 aliphatic heterocycles. The third-order valence-electron chi connectivity index (χ3n) is 10.4. The number of nitrogens with one attached hydrogen (secondary N) is 5. The van der Waals surface area contributed by atoms with E-state index in [-0.39, 0.29) is 56.0 Å². The number of hydrogen-bond acceptors (Lipinski definition) is 11. The number of carbonyl (C=O) groups is 6. The zero-order chi connectivity index (χ0) is 43.3. The predicted octanol–water partition coefficient (Wildman–Crippen LogP) is 4.10. The molecule has 4 aromatic carbocycles. The number of ether oxygens (including phenoxy) is 3. The first-order valence-corrected chi connectivity index (χ1v) is 20.4. The molecule has 1 saturated heterocycles. The van der Waals surface area contributed by atoms with Gasteiger partial charge in [0.25, 0.3) is 11.8 Å². The molecule has 1 atom stereocenters. The van der Waals surface area contributed by atoms with Crippen molar-refractivity contribution in [3.05, 3.63) is 124 Å². The molecular weight excluding hydrogens is 793 g/mol. The Morgan fingerprint density at radius 3 is 2.27 bits per heavy atom. The van der Waals surface area contributed by atoms with Crippen LogP contribution in [0.3, 0.4) is 0 Å². The number of nitrogens with zero attached hydrogens (tertiary/aromatic N) is 1. The maximum atomic E-state index is 13.3. The smallest absolute Gasteiger partial charge is 0.258 e. The molecule has 1 fully saturated rings. The molecule has 3 heterocycles. The molecule has 0 aromatic heterocycles. The summed E-state index contributed by atoms with van der Waals surface area (Å²) in [5.41, 5.74) is 7.70. The highest BCUT2D eigenvalue weighted by Gasteiger charge is 2.39.